The lowest BCUT2D eigenvalue weighted by molar-refractivity contribution is 0.417. The largest absolute Gasteiger partial charge is 0.495 e. The molecule has 0 aliphatic carbocycles. The summed E-state index contributed by atoms with van der Waals surface area (Å²) >= 11 is 3.45. The summed E-state index contributed by atoms with van der Waals surface area (Å²) in [5.41, 5.74) is 8.73. The van der Waals surface area contributed by atoms with E-state index in [1.54, 1.807) is 7.11 Å². The van der Waals surface area contributed by atoms with Gasteiger partial charge in [-0.2, -0.15) is 0 Å². The summed E-state index contributed by atoms with van der Waals surface area (Å²) in [7, 11) is 1.62. The second-order valence-corrected chi connectivity index (χ2v) is 4.38. The quantitative estimate of drug-likeness (QED) is 0.850. The van der Waals surface area contributed by atoms with E-state index < -0.39 is 0 Å². The van der Waals surface area contributed by atoms with E-state index in [9.17, 15) is 0 Å². The van der Waals surface area contributed by atoms with Crippen molar-refractivity contribution >= 4 is 21.6 Å². The van der Waals surface area contributed by atoms with E-state index in [-0.39, 0.29) is 0 Å². The van der Waals surface area contributed by atoms with Gasteiger partial charge in [-0.1, -0.05) is 34.1 Å². The summed E-state index contributed by atoms with van der Waals surface area (Å²) < 4.78 is 6.18. The molecule has 0 aromatic heterocycles. The zero-order valence-corrected chi connectivity index (χ0v) is 10.5. The smallest absolute Gasteiger partial charge is 0.141 e. The first-order chi connectivity index (χ1) is 7.70. The molecule has 2 nitrogen and oxygen atoms in total. The van der Waals surface area contributed by atoms with Crippen LogP contribution in [0.2, 0.25) is 0 Å². The van der Waals surface area contributed by atoms with Crippen LogP contribution in [0.4, 0.5) is 5.69 Å². The fraction of sp³-hybridized carbons (Fsp3) is 0.0769. The van der Waals surface area contributed by atoms with E-state index in [2.05, 4.69) is 22.0 Å². The Morgan fingerprint density at radius 3 is 2.44 bits per heavy atom. The van der Waals surface area contributed by atoms with Gasteiger partial charge in [0.15, 0.2) is 0 Å². The molecular weight excluding hydrogens is 266 g/mol. The number of benzene rings is 2. The van der Waals surface area contributed by atoms with Crippen molar-refractivity contribution in [3.8, 4) is 16.9 Å². The molecule has 2 aromatic rings. The van der Waals surface area contributed by atoms with Crippen LogP contribution in [0.3, 0.4) is 0 Å². The number of anilines is 1. The highest BCUT2D eigenvalue weighted by Gasteiger charge is 2.02. The molecule has 0 fully saturated rings. The van der Waals surface area contributed by atoms with Crippen molar-refractivity contribution in [3.05, 3.63) is 46.9 Å². The van der Waals surface area contributed by atoms with Crippen LogP contribution >= 0.6 is 15.9 Å². The number of nitrogens with two attached hydrogens (primary N) is 1. The highest BCUT2D eigenvalue weighted by Crippen LogP contribution is 2.29. The fourth-order valence-electron chi connectivity index (χ4n) is 1.58. The van der Waals surface area contributed by atoms with Crippen LogP contribution in [-0.2, 0) is 0 Å². The van der Waals surface area contributed by atoms with Crippen LogP contribution in [0.15, 0.2) is 46.9 Å². The highest BCUT2D eigenvalue weighted by atomic mass is 79.9. The summed E-state index contributed by atoms with van der Waals surface area (Å²) in [5.74, 6) is 0.707. The molecule has 0 bridgehead atoms. The van der Waals surface area contributed by atoms with E-state index in [0.717, 1.165) is 15.6 Å². The van der Waals surface area contributed by atoms with Gasteiger partial charge >= 0.3 is 0 Å². The minimum Gasteiger partial charge on any atom is -0.495 e. The zero-order valence-electron chi connectivity index (χ0n) is 8.91. The Kier molecular flexibility index (Phi) is 3.15. The lowest BCUT2D eigenvalue weighted by Crippen LogP contribution is -1.92. The molecule has 2 aromatic carbocycles. The van der Waals surface area contributed by atoms with E-state index in [0.29, 0.717) is 11.4 Å². The van der Waals surface area contributed by atoms with Gasteiger partial charge in [0.2, 0.25) is 0 Å². The molecule has 0 aliphatic rings. The first-order valence-electron chi connectivity index (χ1n) is 4.90. The Morgan fingerprint density at radius 1 is 1.06 bits per heavy atom. The first kappa shape index (κ1) is 11.0. The third-order valence-corrected chi connectivity index (χ3v) is 2.88. The molecule has 0 heterocycles. The third-order valence-electron chi connectivity index (χ3n) is 2.39. The van der Waals surface area contributed by atoms with Gasteiger partial charge in [0.25, 0.3) is 0 Å². The van der Waals surface area contributed by atoms with Crippen LogP contribution in [0.5, 0.6) is 5.75 Å². The molecule has 0 atom stereocenters. The first-order valence-corrected chi connectivity index (χ1v) is 5.69. The summed E-state index contributed by atoms with van der Waals surface area (Å²) in [6.07, 6.45) is 0. The number of rotatable bonds is 2. The van der Waals surface area contributed by atoms with E-state index in [1.165, 1.54) is 0 Å². The number of hydrogen-bond acceptors (Lipinski definition) is 2. The fourth-order valence-corrected chi connectivity index (χ4v) is 1.98. The standard InChI is InChI=1S/C13H12BrNO/c1-16-13-6-5-10(8-12(13)15)9-3-2-4-11(14)7-9/h2-8H,15H2,1H3. The molecule has 3 heteroatoms. The second kappa shape index (κ2) is 4.58. The van der Waals surface area contributed by atoms with Crippen molar-refractivity contribution in [2.24, 2.45) is 0 Å². The Morgan fingerprint density at radius 2 is 1.81 bits per heavy atom. The second-order valence-electron chi connectivity index (χ2n) is 3.47. The predicted molar refractivity (Wildman–Crippen MR) is 70.5 cm³/mol. The Labute approximate surface area is 103 Å². The van der Waals surface area contributed by atoms with E-state index in [1.807, 2.05) is 36.4 Å². The molecular formula is C13H12BrNO. The number of halogens is 1. The maximum atomic E-state index is 5.87. The molecule has 0 unspecified atom stereocenters. The Hall–Kier alpha value is -1.48. The van der Waals surface area contributed by atoms with Gasteiger partial charge in [0.1, 0.15) is 5.75 Å². The molecule has 2 rings (SSSR count). The van der Waals surface area contributed by atoms with Crippen molar-refractivity contribution in [2.75, 3.05) is 12.8 Å². The van der Waals surface area contributed by atoms with Crippen LogP contribution in [0.25, 0.3) is 11.1 Å². The average Bonchev–Trinajstić information content (AvgIpc) is 2.29. The number of methoxy groups -OCH3 is 1. The predicted octanol–water partition coefficient (Wildman–Crippen LogP) is 3.71. The minimum absolute atomic E-state index is 0.653. The van der Waals surface area contributed by atoms with Gasteiger partial charge in [-0.25, -0.2) is 0 Å². The van der Waals surface area contributed by atoms with Gasteiger partial charge in [0.05, 0.1) is 12.8 Å². The summed E-state index contributed by atoms with van der Waals surface area (Å²) in [4.78, 5) is 0. The molecule has 82 valence electrons. The van der Waals surface area contributed by atoms with Crippen molar-refractivity contribution in [3.63, 3.8) is 0 Å². The Balaban J connectivity index is 2.45. The summed E-state index contributed by atoms with van der Waals surface area (Å²) in [5, 5.41) is 0. The topological polar surface area (TPSA) is 35.2 Å². The maximum absolute atomic E-state index is 5.87. The molecule has 0 spiro atoms. The Bertz CT molecular complexity index is 511. The van der Waals surface area contributed by atoms with Gasteiger partial charge in [0, 0.05) is 4.47 Å². The van der Waals surface area contributed by atoms with Crippen LogP contribution in [0, 0.1) is 0 Å². The van der Waals surface area contributed by atoms with Gasteiger partial charge in [-0.05, 0) is 35.4 Å². The number of hydrogen-bond donors (Lipinski definition) is 1. The highest BCUT2D eigenvalue weighted by molar-refractivity contribution is 9.10. The summed E-state index contributed by atoms with van der Waals surface area (Å²) in [6.45, 7) is 0. The maximum Gasteiger partial charge on any atom is 0.141 e. The molecule has 0 saturated carbocycles. The average molecular weight is 278 g/mol. The molecule has 0 radical (unpaired) electrons. The van der Waals surface area contributed by atoms with E-state index >= 15 is 0 Å². The molecule has 2 N–H and O–H groups in total. The number of ether oxygens (including phenoxy) is 1. The lowest BCUT2D eigenvalue weighted by Gasteiger charge is -2.07. The summed E-state index contributed by atoms with van der Waals surface area (Å²) in [6, 6.07) is 13.9. The molecule has 16 heavy (non-hydrogen) atoms. The van der Waals surface area contributed by atoms with Crippen LogP contribution < -0.4 is 10.5 Å². The van der Waals surface area contributed by atoms with Crippen molar-refractivity contribution in [1.82, 2.24) is 0 Å². The molecule has 0 aliphatic heterocycles. The number of nitrogen functional groups attached to an aromatic ring is 1. The van der Waals surface area contributed by atoms with Crippen LogP contribution in [0.1, 0.15) is 0 Å². The van der Waals surface area contributed by atoms with E-state index in [4.69, 9.17) is 10.5 Å². The van der Waals surface area contributed by atoms with Crippen molar-refractivity contribution in [2.45, 2.75) is 0 Å². The normalized spacial score (nSPS) is 10.1. The minimum atomic E-state index is 0.653. The SMILES string of the molecule is COc1ccc(-c2cccc(Br)c2)cc1N. The van der Waals surface area contributed by atoms with Gasteiger partial charge < -0.3 is 10.5 Å². The third kappa shape index (κ3) is 2.19. The lowest BCUT2D eigenvalue weighted by atomic mass is 10.1. The van der Waals surface area contributed by atoms with Gasteiger partial charge in [-0.15, -0.1) is 0 Å². The monoisotopic (exact) mass is 277 g/mol. The van der Waals surface area contributed by atoms with Crippen molar-refractivity contribution in [1.29, 1.82) is 0 Å². The van der Waals surface area contributed by atoms with Crippen LogP contribution in [-0.4, -0.2) is 7.11 Å². The molecule has 0 amide bonds. The zero-order chi connectivity index (χ0) is 11.5. The van der Waals surface area contributed by atoms with Crippen molar-refractivity contribution < 1.29 is 4.74 Å². The van der Waals surface area contributed by atoms with Gasteiger partial charge in [-0.3, -0.25) is 0 Å². The molecule has 0 saturated heterocycles.